The first kappa shape index (κ1) is 14.5. The molecule has 0 saturated carbocycles. The summed E-state index contributed by atoms with van der Waals surface area (Å²) in [5.74, 6) is -0.150. The predicted molar refractivity (Wildman–Crippen MR) is 69.0 cm³/mol. The molecule has 0 radical (unpaired) electrons. The number of hydrogen-bond donors (Lipinski definition) is 1. The topological polar surface area (TPSA) is 41.6 Å². The second-order valence-electron chi connectivity index (χ2n) is 5.45. The number of ether oxygens (including phenoxy) is 1. The molecule has 0 aromatic heterocycles. The number of esters is 1. The summed E-state index contributed by atoms with van der Waals surface area (Å²) < 4.78 is 4.77. The van der Waals surface area contributed by atoms with Crippen LogP contribution in [0, 0.1) is 5.41 Å². The first-order chi connectivity index (χ1) is 8.06. The summed E-state index contributed by atoms with van der Waals surface area (Å²) in [4.78, 5) is 13.9. The van der Waals surface area contributed by atoms with Crippen LogP contribution in [0.3, 0.4) is 0 Å². The molecule has 1 rings (SSSR count). The van der Waals surface area contributed by atoms with Crippen molar-refractivity contribution >= 4 is 5.97 Å². The zero-order chi connectivity index (χ0) is 12.7. The fourth-order valence-electron chi connectivity index (χ4n) is 2.17. The lowest BCUT2D eigenvalue weighted by Gasteiger charge is -2.27. The number of methoxy groups -OCH3 is 1. The van der Waals surface area contributed by atoms with Gasteiger partial charge in [0.2, 0.25) is 0 Å². The van der Waals surface area contributed by atoms with E-state index in [-0.39, 0.29) is 5.97 Å². The monoisotopic (exact) mass is 242 g/mol. The van der Waals surface area contributed by atoms with Crippen LogP contribution in [0.5, 0.6) is 0 Å². The quantitative estimate of drug-likeness (QED) is 0.562. The number of nitrogens with zero attached hydrogens (tertiary/aromatic N) is 1. The molecule has 1 heterocycles. The van der Waals surface area contributed by atoms with Crippen molar-refractivity contribution in [2.75, 3.05) is 39.8 Å². The minimum atomic E-state index is -0.434. The van der Waals surface area contributed by atoms with E-state index in [1.54, 1.807) is 0 Å². The van der Waals surface area contributed by atoms with Gasteiger partial charge < -0.3 is 15.0 Å². The van der Waals surface area contributed by atoms with Crippen molar-refractivity contribution in [2.45, 2.75) is 33.1 Å². The lowest BCUT2D eigenvalue weighted by Crippen LogP contribution is -2.41. The third kappa shape index (κ3) is 5.04. The van der Waals surface area contributed by atoms with Crippen LogP contribution in [0.1, 0.15) is 33.1 Å². The molecule has 0 aromatic rings. The molecule has 1 N–H and O–H groups in total. The molecule has 0 unspecified atom stereocenters. The smallest absolute Gasteiger partial charge is 0.312 e. The molecule has 1 saturated heterocycles. The van der Waals surface area contributed by atoms with Crippen molar-refractivity contribution in [3.05, 3.63) is 0 Å². The van der Waals surface area contributed by atoms with E-state index in [0.29, 0.717) is 6.54 Å². The van der Waals surface area contributed by atoms with Gasteiger partial charge in [-0.25, -0.2) is 0 Å². The summed E-state index contributed by atoms with van der Waals surface area (Å²) in [5.41, 5.74) is -0.434. The third-order valence-electron chi connectivity index (χ3n) is 3.36. The highest BCUT2D eigenvalue weighted by atomic mass is 16.5. The first-order valence-corrected chi connectivity index (χ1v) is 6.58. The lowest BCUT2D eigenvalue weighted by atomic mass is 9.94. The predicted octanol–water partition coefficient (Wildman–Crippen LogP) is 1.26. The zero-order valence-corrected chi connectivity index (χ0v) is 11.4. The van der Waals surface area contributed by atoms with E-state index >= 15 is 0 Å². The fraction of sp³-hybridized carbons (Fsp3) is 0.923. The Hall–Kier alpha value is -0.610. The summed E-state index contributed by atoms with van der Waals surface area (Å²) in [5, 5.41) is 3.35. The molecule has 0 bridgehead atoms. The van der Waals surface area contributed by atoms with Crippen molar-refractivity contribution in [2.24, 2.45) is 5.41 Å². The average molecular weight is 242 g/mol. The fourth-order valence-corrected chi connectivity index (χ4v) is 2.17. The van der Waals surface area contributed by atoms with Crippen LogP contribution >= 0.6 is 0 Å². The lowest BCUT2D eigenvalue weighted by molar-refractivity contribution is -0.150. The standard InChI is InChI=1S/C13H26N2O2/c1-13(2,12(16)17-3)11-14-7-10-15-8-5-4-6-9-15/h14H,4-11H2,1-3H3. The number of nitrogens with one attached hydrogen (secondary N) is 1. The van der Waals surface area contributed by atoms with Crippen LogP contribution in [0.25, 0.3) is 0 Å². The van der Waals surface area contributed by atoms with E-state index < -0.39 is 5.41 Å². The Morgan fingerprint density at radius 1 is 1.29 bits per heavy atom. The Morgan fingerprint density at radius 2 is 1.94 bits per heavy atom. The maximum Gasteiger partial charge on any atom is 0.312 e. The van der Waals surface area contributed by atoms with E-state index in [9.17, 15) is 4.79 Å². The van der Waals surface area contributed by atoms with Crippen LogP contribution in [0.2, 0.25) is 0 Å². The van der Waals surface area contributed by atoms with Gasteiger partial charge in [-0.2, -0.15) is 0 Å². The van der Waals surface area contributed by atoms with Gasteiger partial charge in [0.1, 0.15) is 0 Å². The highest BCUT2D eigenvalue weighted by Crippen LogP contribution is 2.15. The van der Waals surface area contributed by atoms with Crippen LogP contribution in [0.15, 0.2) is 0 Å². The summed E-state index contributed by atoms with van der Waals surface area (Å²) in [6.45, 7) is 8.97. The van der Waals surface area contributed by atoms with Crippen molar-refractivity contribution in [3.8, 4) is 0 Å². The van der Waals surface area contributed by atoms with E-state index in [0.717, 1.165) is 13.1 Å². The summed E-state index contributed by atoms with van der Waals surface area (Å²) in [6, 6.07) is 0. The average Bonchev–Trinajstić information content (AvgIpc) is 2.35. The third-order valence-corrected chi connectivity index (χ3v) is 3.36. The SMILES string of the molecule is COC(=O)C(C)(C)CNCCN1CCCCC1. The Labute approximate surface area is 105 Å². The largest absolute Gasteiger partial charge is 0.469 e. The molecule has 100 valence electrons. The second-order valence-corrected chi connectivity index (χ2v) is 5.45. The minimum absolute atomic E-state index is 0.150. The number of rotatable bonds is 6. The molecule has 0 atom stereocenters. The van der Waals surface area contributed by atoms with Gasteiger partial charge in [0.25, 0.3) is 0 Å². The molecular weight excluding hydrogens is 216 g/mol. The number of carbonyl (C=O) groups is 1. The summed E-state index contributed by atoms with van der Waals surface area (Å²) in [7, 11) is 1.44. The van der Waals surface area contributed by atoms with E-state index in [2.05, 4.69) is 10.2 Å². The Balaban J connectivity index is 2.12. The Bertz CT molecular complexity index is 236. The maximum absolute atomic E-state index is 11.5. The van der Waals surface area contributed by atoms with Crippen LogP contribution in [-0.4, -0.2) is 50.7 Å². The Morgan fingerprint density at radius 3 is 2.53 bits per heavy atom. The van der Waals surface area contributed by atoms with Gasteiger partial charge in [0.15, 0.2) is 0 Å². The molecule has 4 heteroatoms. The van der Waals surface area contributed by atoms with Crippen molar-refractivity contribution < 1.29 is 9.53 Å². The van der Waals surface area contributed by atoms with Crippen molar-refractivity contribution in [1.82, 2.24) is 10.2 Å². The zero-order valence-electron chi connectivity index (χ0n) is 11.4. The Kier molecular flexibility index (Phi) is 5.92. The first-order valence-electron chi connectivity index (χ1n) is 6.58. The van der Waals surface area contributed by atoms with Crippen molar-refractivity contribution in [3.63, 3.8) is 0 Å². The maximum atomic E-state index is 11.5. The molecule has 0 aliphatic carbocycles. The molecular formula is C13H26N2O2. The number of carbonyl (C=O) groups excluding carboxylic acids is 1. The van der Waals surface area contributed by atoms with Gasteiger partial charge in [0, 0.05) is 19.6 Å². The highest BCUT2D eigenvalue weighted by molar-refractivity contribution is 5.76. The van der Waals surface area contributed by atoms with E-state index in [1.807, 2.05) is 13.8 Å². The van der Waals surface area contributed by atoms with Gasteiger partial charge in [-0.05, 0) is 39.8 Å². The number of likely N-dealkylation sites (tertiary alicyclic amines) is 1. The summed E-state index contributed by atoms with van der Waals surface area (Å²) in [6.07, 6.45) is 4.03. The molecule has 0 aromatic carbocycles. The molecule has 1 fully saturated rings. The van der Waals surface area contributed by atoms with Gasteiger partial charge in [-0.15, -0.1) is 0 Å². The van der Waals surface area contributed by atoms with Gasteiger partial charge in [-0.3, -0.25) is 4.79 Å². The van der Waals surface area contributed by atoms with Crippen LogP contribution in [-0.2, 0) is 9.53 Å². The number of piperidine rings is 1. The molecule has 1 aliphatic rings. The highest BCUT2D eigenvalue weighted by Gasteiger charge is 2.27. The second kappa shape index (κ2) is 6.97. The number of hydrogen-bond acceptors (Lipinski definition) is 4. The summed E-state index contributed by atoms with van der Waals surface area (Å²) >= 11 is 0. The van der Waals surface area contributed by atoms with Crippen LogP contribution in [0.4, 0.5) is 0 Å². The normalized spacial score (nSPS) is 18.1. The van der Waals surface area contributed by atoms with Gasteiger partial charge in [0.05, 0.1) is 12.5 Å². The van der Waals surface area contributed by atoms with Crippen molar-refractivity contribution in [1.29, 1.82) is 0 Å². The molecule has 17 heavy (non-hydrogen) atoms. The molecule has 4 nitrogen and oxygen atoms in total. The molecule has 0 spiro atoms. The van der Waals surface area contributed by atoms with E-state index in [4.69, 9.17) is 4.74 Å². The minimum Gasteiger partial charge on any atom is -0.469 e. The molecule has 0 amide bonds. The van der Waals surface area contributed by atoms with E-state index in [1.165, 1.54) is 39.5 Å². The van der Waals surface area contributed by atoms with Gasteiger partial charge in [-0.1, -0.05) is 6.42 Å². The molecule has 1 aliphatic heterocycles. The van der Waals surface area contributed by atoms with Crippen LogP contribution < -0.4 is 5.32 Å². The van der Waals surface area contributed by atoms with Gasteiger partial charge >= 0.3 is 5.97 Å².